The van der Waals surface area contributed by atoms with Gasteiger partial charge in [0.15, 0.2) is 5.15 Å². The first-order valence-electron chi connectivity index (χ1n) is 2.63. The Kier molecular flexibility index (Phi) is 2.97. The minimum absolute atomic E-state index is 0.270. The van der Waals surface area contributed by atoms with Crippen LogP contribution in [-0.4, -0.2) is 10.1 Å². The lowest BCUT2D eigenvalue weighted by molar-refractivity contribution is 1.31. The molecule has 0 amide bonds. The molecule has 1 rings (SSSR count). The molecule has 0 fully saturated rings. The van der Waals surface area contributed by atoms with Crippen LogP contribution in [0.2, 0.25) is 10.2 Å². The highest BCUT2D eigenvalue weighted by molar-refractivity contribution is 7.78. The summed E-state index contributed by atoms with van der Waals surface area (Å²) in [7, 11) is 0. The molecule has 1 aromatic rings. The first kappa shape index (κ1) is 8.62. The number of pyridine rings is 1. The number of isothiocyanates is 1. The Morgan fingerprint density at radius 1 is 1.55 bits per heavy atom. The van der Waals surface area contributed by atoms with Crippen LogP contribution >= 0.6 is 35.4 Å². The Morgan fingerprint density at radius 2 is 2.27 bits per heavy atom. The van der Waals surface area contributed by atoms with Crippen molar-refractivity contribution in [3.8, 4) is 0 Å². The van der Waals surface area contributed by atoms with Crippen LogP contribution in [0.15, 0.2) is 17.3 Å². The van der Waals surface area contributed by atoms with Gasteiger partial charge >= 0.3 is 0 Å². The largest absolute Gasteiger partial charge is 0.241 e. The maximum atomic E-state index is 5.63. The number of rotatable bonds is 1. The number of aromatic nitrogens is 1. The molecule has 0 aromatic carbocycles. The average Bonchev–Trinajstić information content (AvgIpc) is 1.98. The summed E-state index contributed by atoms with van der Waals surface area (Å²) in [5.74, 6) is 0. The zero-order valence-corrected chi connectivity index (χ0v) is 7.54. The first-order valence-corrected chi connectivity index (χ1v) is 3.79. The number of nitrogens with zero attached hydrogens (tertiary/aromatic N) is 2. The molecule has 0 aliphatic heterocycles. The van der Waals surface area contributed by atoms with E-state index in [-0.39, 0.29) is 5.15 Å². The molecule has 0 unspecified atom stereocenters. The lowest BCUT2D eigenvalue weighted by Gasteiger charge is -1.93. The van der Waals surface area contributed by atoms with Crippen LogP contribution in [0, 0.1) is 0 Å². The van der Waals surface area contributed by atoms with E-state index >= 15 is 0 Å². The molecule has 2 nitrogen and oxygen atoms in total. The minimum Gasteiger partial charge on any atom is -0.241 e. The quantitative estimate of drug-likeness (QED) is 0.399. The van der Waals surface area contributed by atoms with Crippen molar-refractivity contribution in [3.63, 3.8) is 0 Å². The van der Waals surface area contributed by atoms with Crippen molar-refractivity contribution < 1.29 is 0 Å². The van der Waals surface area contributed by atoms with Gasteiger partial charge in [0.2, 0.25) is 0 Å². The predicted octanol–water partition coefficient (Wildman–Crippen LogP) is 3.12. The van der Waals surface area contributed by atoms with E-state index in [4.69, 9.17) is 23.2 Å². The molecule has 11 heavy (non-hydrogen) atoms. The number of hydrogen-bond acceptors (Lipinski definition) is 3. The Bertz CT molecular complexity index is 320. The summed E-state index contributed by atoms with van der Waals surface area (Å²) in [6.45, 7) is 0. The Balaban J connectivity index is 3.22. The van der Waals surface area contributed by atoms with Gasteiger partial charge in [0, 0.05) is 6.20 Å². The van der Waals surface area contributed by atoms with Crippen LogP contribution in [0.5, 0.6) is 0 Å². The van der Waals surface area contributed by atoms with Crippen molar-refractivity contribution in [1.29, 1.82) is 0 Å². The minimum atomic E-state index is 0.270. The summed E-state index contributed by atoms with van der Waals surface area (Å²) in [5, 5.41) is 2.92. The number of aliphatic imine (C=N–C) groups is 1. The molecule has 1 heterocycles. The second-order valence-electron chi connectivity index (χ2n) is 1.67. The van der Waals surface area contributed by atoms with Crippen molar-refractivity contribution in [3.05, 3.63) is 22.4 Å². The Morgan fingerprint density at radius 3 is 2.91 bits per heavy atom. The van der Waals surface area contributed by atoms with E-state index in [9.17, 15) is 0 Å². The molecule has 0 saturated heterocycles. The lowest BCUT2D eigenvalue weighted by Crippen LogP contribution is -1.74. The molecule has 0 spiro atoms. The third-order valence-electron chi connectivity index (χ3n) is 0.953. The van der Waals surface area contributed by atoms with Gasteiger partial charge in [0.1, 0.15) is 5.69 Å². The molecule has 0 aliphatic carbocycles. The van der Waals surface area contributed by atoms with E-state index in [0.717, 1.165) is 0 Å². The van der Waals surface area contributed by atoms with Crippen molar-refractivity contribution in [1.82, 2.24) is 4.98 Å². The summed E-state index contributed by atoms with van der Waals surface area (Å²) < 4.78 is 0. The van der Waals surface area contributed by atoms with Gasteiger partial charge in [-0.1, -0.05) is 23.2 Å². The van der Waals surface area contributed by atoms with E-state index in [1.165, 1.54) is 6.20 Å². The van der Waals surface area contributed by atoms with Gasteiger partial charge in [-0.2, -0.15) is 4.99 Å². The van der Waals surface area contributed by atoms with E-state index in [2.05, 4.69) is 27.4 Å². The highest BCUT2D eigenvalue weighted by atomic mass is 35.5. The third kappa shape index (κ3) is 2.24. The highest BCUT2D eigenvalue weighted by Crippen LogP contribution is 2.24. The van der Waals surface area contributed by atoms with E-state index in [0.29, 0.717) is 10.7 Å². The first-order chi connectivity index (χ1) is 5.24. The smallest absolute Gasteiger partial charge is 0.155 e. The molecule has 56 valence electrons. The lowest BCUT2D eigenvalue weighted by atomic mass is 10.4. The van der Waals surface area contributed by atoms with Crippen molar-refractivity contribution in [2.75, 3.05) is 0 Å². The SMILES string of the molecule is S=C=Nc1cc(Cl)cnc1Cl. The van der Waals surface area contributed by atoms with Gasteiger partial charge in [-0.05, 0) is 18.3 Å². The molecule has 0 bridgehead atoms. The number of hydrogen-bond donors (Lipinski definition) is 0. The molecule has 0 aliphatic rings. The molecule has 0 N–H and O–H groups in total. The fraction of sp³-hybridized carbons (Fsp3) is 0. The van der Waals surface area contributed by atoms with Gasteiger partial charge in [0.05, 0.1) is 10.2 Å². The van der Waals surface area contributed by atoms with Gasteiger partial charge in [-0.25, -0.2) is 4.98 Å². The molecule has 0 radical (unpaired) electrons. The van der Waals surface area contributed by atoms with Crippen LogP contribution in [0.4, 0.5) is 5.69 Å². The van der Waals surface area contributed by atoms with Crippen molar-refractivity contribution in [2.45, 2.75) is 0 Å². The van der Waals surface area contributed by atoms with Crippen molar-refractivity contribution >= 4 is 46.3 Å². The summed E-state index contributed by atoms with van der Waals surface area (Å²) in [6.07, 6.45) is 1.44. The summed E-state index contributed by atoms with van der Waals surface area (Å²) in [5.41, 5.74) is 0.439. The zero-order chi connectivity index (χ0) is 8.27. The maximum absolute atomic E-state index is 5.63. The van der Waals surface area contributed by atoms with Crippen LogP contribution in [0.25, 0.3) is 0 Å². The van der Waals surface area contributed by atoms with Gasteiger partial charge in [-0.3, -0.25) is 0 Å². The topological polar surface area (TPSA) is 25.2 Å². The number of thiocarbonyl (C=S) groups is 1. The molecule has 1 aromatic heterocycles. The third-order valence-corrected chi connectivity index (χ3v) is 1.54. The Labute approximate surface area is 78.9 Å². The van der Waals surface area contributed by atoms with E-state index in [1.54, 1.807) is 6.07 Å². The van der Waals surface area contributed by atoms with E-state index in [1.807, 2.05) is 0 Å². The van der Waals surface area contributed by atoms with Gasteiger partial charge in [0.25, 0.3) is 0 Å². The predicted molar refractivity (Wildman–Crippen MR) is 48.9 cm³/mol. The highest BCUT2D eigenvalue weighted by Gasteiger charge is 1.99. The van der Waals surface area contributed by atoms with Crippen molar-refractivity contribution in [2.24, 2.45) is 4.99 Å². The maximum Gasteiger partial charge on any atom is 0.155 e. The molecule has 5 heteroatoms. The standard InChI is InChI=1S/C6H2Cl2N2S/c7-4-1-5(10-3-11)6(8)9-2-4/h1-2H. The molecular weight excluding hydrogens is 203 g/mol. The fourth-order valence-corrected chi connectivity index (χ4v) is 0.936. The second kappa shape index (κ2) is 3.79. The summed E-state index contributed by atoms with van der Waals surface area (Å²) >= 11 is 15.6. The Hall–Kier alpha value is -0.470. The van der Waals surface area contributed by atoms with E-state index < -0.39 is 0 Å². The second-order valence-corrected chi connectivity index (χ2v) is 2.64. The van der Waals surface area contributed by atoms with Crippen LogP contribution in [-0.2, 0) is 0 Å². The van der Waals surface area contributed by atoms with Crippen LogP contribution in [0.1, 0.15) is 0 Å². The normalized spacial score (nSPS) is 8.91. The van der Waals surface area contributed by atoms with Gasteiger partial charge in [-0.15, -0.1) is 0 Å². The molecule has 0 atom stereocenters. The fourth-order valence-electron chi connectivity index (χ4n) is 0.539. The van der Waals surface area contributed by atoms with Crippen LogP contribution < -0.4 is 0 Å². The average molecular weight is 205 g/mol. The van der Waals surface area contributed by atoms with Gasteiger partial charge < -0.3 is 0 Å². The zero-order valence-electron chi connectivity index (χ0n) is 5.21. The number of halogens is 2. The molecular formula is C6H2Cl2N2S. The summed E-state index contributed by atoms with van der Waals surface area (Å²) in [6, 6.07) is 1.57. The van der Waals surface area contributed by atoms with Crippen LogP contribution in [0.3, 0.4) is 0 Å². The monoisotopic (exact) mass is 204 g/mol. The summed E-state index contributed by atoms with van der Waals surface area (Å²) in [4.78, 5) is 7.40. The molecule has 0 saturated carbocycles.